The molecule has 7 heteroatoms. The van der Waals surface area contributed by atoms with E-state index in [4.69, 9.17) is 11.6 Å². The van der Waals surface area contributed by atoms with E-state index in [0.717, 1.165) is 29.8 Å². The average molecular weight is 416 g/mol. The van der Waals surface area contributed by atoms with Gasteiger partial charge in [0.05, 0.1) is 25.0 Å². The molecule has 1 saturated carbocycles. The summed E-state index contributed by atoms with van der Waals surface area (Å²) in [6.07, 6.45) is 5.21. The minimum absolute atomic E-state index is 0.00481. The van der Waals surface area contributed by atoms with Crippen molar-refractivity contribution in [1.29, 1.82) is 0 Å². The molecule has 1 aromatic carbocycles. The Morgan fingerprint density at radius 2 is 1.96 bits per heavy atom. The number of fused-ring (bicyclic) bond motifs is 5. The van der Waals surface area contributed by atoms with Crippen LogP contribution in [0.2, 0.25) is 5.02 Å². The van der Waals surface area contributed by atoms with Gasteiger partial charge in [0.25, 0.3) is 5.91 Å². The Bertz CT molecular complexity index is 930. The number of hydrogen-bond donors (Lipinski definition) is 1. The van der Waals surface area contributed by atoms with Gasteiger partial charge in [0.2, 0.25) is 0 Å². The molecule has 1 aromatic heterocycles. The summed E-state index contributed by atoms with van der Waals surface area (Å²) in [5.41, 5.74) is 4.92. The first-order valence-corrected chi connectivity index (χ1v) is 11.7. The highest BCUT2D eigenvalue weighted by molar-refractivity contribution is 7.91. The highest BCUT2D eigenvalue weighted by Crippen LogP contribution is 2.56. The second kappa shape index (κ2) is 7.25. The third-order valence-corrected chi connectivity index (χ3v) is 7.69. The fourth-order valence-electron chi connectivity index (χ4n) is 4.88. The van der Waals surface area contributed by atoms with Crippen LogP contribution >= 0.6 is 11.6 Å². The van der Waals surface area contributed by atoms with E-state index in [1.54, 1.807) is 6.20 Å². The molecular formula is C21H22ClN3O2S. The molecule has 2 heterocycles. The molecule has 1 amide bonds. The van der Waals surface area contributed by atoms with Gasteiger partial charge in [0.1, 0.15) is 17.2 Å². The second-order valence-electron chi connectivity index (χ2n) is 7.83. The zero-order valence-corrected chi connectivity index (χ0v) is 17.1. The molecule has 2 unspecified atom stereocenters. The van der Waals surface area contributed by atoms with Crippen LogP contribution in [0.3, 0.4) is 0 Å². The summed E-state index contributed by atoms with van der Waals surface area (Å²) in [6.45, 7) is 1.11. The summed E-state index contributed by atoms with van der Waals surface area (Å²) in [5.74, 6) is 2.04. The van der Waals surface area contributed by atoms with Crippen molar-refractivity contribution in [2.75, 3.05) is 29.9 Å². The molecule has 5 rings (SSSR count). The SMILES string of the molecule is O=C(c1ncc(Nc2cccc(Cl)c2)c2c1C1CCC2C1)N1CC[S+]([O-])CC1. The van der Waals surface area contributed by atoms with Crippen molar-refractivity contribution in [2.45, 2.75) is 31.1 Å². The number of amides is 1. The predicted molar refractivity (Wildman–Crippen MR) is 112 cm³/mol. The second-order valence-corrected chi connectivity index (χ2v) is 9.96. The van der Waals surface area contributed by atoms with Gasteiger partial charge in [-0.2, -0.15) is 0 Å². The van der Waals surface area contributed by atoms with E-state index in [0.29, 0.717) is 47.1 Å². The molecular weight excluding hydrogens is 394 g/mol. The molecule has 1 N–H and O–H groups in total. The van der Waals surface area contributed by atoms with Gasteiger partial charge in [-0.3, -0.25) is 4.79 Å². The van der Waals surface area contributed by atoms with Crippen LogP contribution in [0.15, 0.2) is 30.5 Å². The molecule has 2 atom stereocenters. The summed E-state index contributed by atoms with van der Waals surface area (Å²) < 4.78 is 11.6. The molecule has 2 aromatic rings. The van der Waals surface area contributed by atoms with Crippen LogP contribution in [0.1, 0.15) is 52.7 Å². The van der Waals surface area contributed by atoms with Crippen molar-refractivity contribution in [3.8, 4) is 0 Å². The van der Waals surface area contributed by atoms with Crippen LogP contribution in [-0.2, 0) is 11.2 Å². The normalized spacial score (nSPS) is 23.7. The van der Waals surface area contributed by atoms with Gasteiger partial charge in [-0.05, 0) is 60.4 Å². The summed E-state index contributed by atoms with van der Waals surface area (Å²) in [6, 6.07) is 7.65. The highest BCUT2D eigenvalue weighted by atomic mass is 35.5. The van der Waals surface area contributed by atoms with E-state index in [2.05, 4.69) is 10.3 Å². The molecule has 1 aliphatic heterocycles. The summed E-state index contributed by atoms with van der Waals surface area (Å²) in [7, 11) is 0. The number of carbonyl (C=O) groups is 1. The number of nitrogens with one attached hydrogen (secondary N) is 1. The van der Waals surface area contributed by atoms with Crippen molar-refractivity contribution in [3.05, 3.63) is 52.3 Å². The number of pyridine rings is 1. The molecule has 0 spiro atoms. The summed E-state index contributed by atoms with van der Waals surface area (Å²) in [4.78, 5) is 19.6. The van der Waals surface area contributed by atoms with Crippen LogP contribution < -0.4 is 5.32 Å². The van der Waals surface area contributed by atoms with Crippen molar-refractivity contribution >= 4 is 40.1 Å². The average Bonchev–Trinajstić information content (AvgIpc) is 3.31. The van der Waals surface area contributed by atoms with Gasteiger partial charge in [-0.1, -0.05) is 28.8 Å². The maximum Gasteiger partial charge on any atom is 0.273 e. The summed E-state index contributed by atoms with van der Waals surface area (Å²) >= 11 is 5.33. The number of halogens is 1. The van der Waals surface area contributed by atoms with Crippen LogP contribution in [0, 0.1) is 0 Å². The molecule has 2 fully saturated rings. The number of anilines is 2. The zero-order valence-electron chi connectivity index (χ0n) is 15.5. The van der Waals surface area contributed by atoms with Gasteiger partial charge in [-0.25, -0.2) is 4.98 Å². The fourth-order valence-corrected chi connectivity index (χ4v) is 6.12. The standard InChI is InChI=1S/C21H22ClN3O2S/c22-15-2-1-3-16(11-15)24-17-12-23-20(19-14-5-4-13(10-14)18(17)19)21(26)25-6-8-28(27)9-7-25/h1-3,11-14,24H,4-10H2. The number of aromatic nitrogens is 1. The lowest BCUT2D eigenvalue weighted by molar-refractivity contribution is 0.0762. The van der Waals surface area contributed by atoms with E-state index in [9.17, 15) is 9.35 Å². The number of carbonyl (C=O) groups excluding carboxylic acids is 1. The van der Waals surface area contributed by atoms with E-state index >= 15 is 0 Å². The lowest BCUT2D eigenvalue weighted by atomic mass is 9.89. The number of nitrogens with zero attached hydrogens (tertiary/aromatic N) is 2. The monoisotopic (exact) mass is 415 g/mol. The highest BCUT2D eigenvalue weighted by Gasteiger charge is 2.42. The van der Waals surface area contributed by atoms with Gasteiger partial charge >= 0.3 is 0 Å². The Morgan fingerprint density at radius 3 is 2.71 bits per heavy atom. The first kappa shape index (κ1) is 18.3. The van der Waals surface area contributed by atoms with Gasteiger partial charge < -0.3 is 14.8 Å². The molecule has 28 heavy (non-hydrogen) atoms. The summed E-state index contributed by atoms with van der Waals surface area (Å²) in [5, 5.41) is 4.15. The molecule has 3 aliphatic rings. The van der Waals surface area contributed by atoms with Gasteiger partial charge in [0, 0.05) is 10.7 Å². The topological polar surface area (TPSA) is 68.3 Å². The van der Waals surface area contributed by atoms with Gasteiger partial charge in [-0.15, -0.1) is 0 Å². The zero-order chi connectivity index (χ0) is 19.3. The smallest absolute Gasteiger partial charge is 0.273 e. The predicted octanol–water partition coefficient (Wildman–Crippen LogP) is 4.05. The lowest BCUT2D eigenvalue weighted by Crippen LogP contribution is -2.44. The van der Waals surface area contributed by atoms with E-state index in [1.807, 2.05) is 29.2 Å². The molecule has 1 saturated heterocycles. The van der Waals surface area contributed by atoms with Crippen molar-refractivity contribution in [3.63, 3.8) is 0 Å². The minimum Gasteiger partial charge on any atom is -0.616 e. The van der Waals surface area contributed by atoms with Crippen molar-refractivity contribution < 1.29 is 9.35 Å². The van der Waals surface area contributed by atoms with Crippen molar-refractivity contribution in [2.24, 2.45) is 0 Å². The first-order chi connectivity index (χ1) is 13.6. The maximum absolute atomic E-state index is 13.2. The van der Waals surface area contributed by atoms with Crippen LogP contribution in [0.5, 0.6) is 0 Å². The van der Waals surface area contributed by atoms with Crippen LogP contribution in [0.4, 0.5) is 11.4 Å². The molecule has 146 valence electrons. The largest absolute Gasteiger partial charge is 0.616 e. The first-order valence-electron chi connectivity index (χ1n) is 9.80. The van der Waals surface area contributed by atoms with Crippen LogP contribution in [0.25, 0.3) is 0 Å². The molecule has 2 aliphatic carbocycles. The molecule has 2 bridgehead atoms. The Morgan fingerprint density at radius 1 is 1.21 bits per heavy atom. The molecule has 5 nitrogen and oxygen atoms in total. The van der Waals surface area contributed by atoms with Crippen molar-refractivity contribution in [1.82, 2.24) is 9.88 Å². The van der Waals surface area contributed by atoms with E-state index in [-0.39, 0.29) is 5.91 Å². The maximum atomic E-state index is 13.2. The van der Waals surface area contributed by atoms with E-state index < -0.39 is 11.2 Å². The van der Waals surface area contributed by atoms with E-state index in [1.165, 1.54) is 12.0 Å². The minimum atomic E-state index is -0.798. The number of benzene rings is 1. The van der Waals surface area contributed by atoms with Gasteiger partial charge in [0.15, 0.2) is 0 Å². The lowest BCUT2D eigenvalue weighted by Gasteiger charge is -2.29. The van der Waals surface area contributed by atoms with Crippen LogP contribution in [-0.4, -0.2) is 44.9 Å². The Hall–Kier alpha value is -1.76. The Labute approximate surface area is 172 Å². The third-order valence-electron chi connectivity index (χ3n) is 6.18. The Balaban J connectivity index is 1.50. The quantitative estimate of drug-likeness (QED) is 0.768. The third kappa shape index (κ3) is 3.17. The molecule has 0 radical (unpaired) electrons. The number of hydrogen-bond acceptors (Lipinski definition) is 4. The number of rotatable bonds is 3. The fraction of sp³-hybridized carbons (Fsp3) is 0.429. The Kier molecular flexibility index (Phi) is 4.73.